The predicted molar refractivity (Wildman–Crippen MR) is 60.9 cm³/mol. The lowest BCUT2D eigenvalue weighted by atomic mass is 10.2. The summed E-state index contributed by atoms with van der Waals surface area (Å²) in [6.07, 6.45) is -4.15. The Hall–Kier alpha value is -0.760. The van der Waals surface area contributed by atoms with Gasteiger partial charge in [-0.2, -0.15) is 22.0 Å². The molecule has 1 heterocycles. The van der Waals surface area contributed by atoms with Gasteiger partial charge in [0.25, 0.3) is 5.76 Å². The molecule has 1 saturated carbocycles. The molecule has 108 valence electrons. The third-order valence-corrected chi connectivity index (χ3v) is 3.67. The first kappa shape index (κ1) is 14.6. The smallest absolute Gasteiger partial charge is 0.406 e. The average Bonchev–Trinajstić information content (AvgIpc) is 2.98. The van der Waals surface area contributed by atoms with E-state index in [4.69, 9.17) is 4.42 Å². The zero-order valence-electron chi connectivity index (χ0n) is 9.77. The number of hydrogen-bond donors (Lipinski definition) is 1. The number of furan rings is 1. The Morgan fingerprint density at radius 2 is 1.89 bits per heavy atom. The van der Waals surface area contributed by atoms with Crippen molar-refractivity contribution < 1.29 is 26.4 Å². The van der Waals surface area contributed by atoms with E-state index in [1.165, 1.54) is 12.1 Å². The lowest BCUT2D eigenvalue weighted by Gasteiger charge is -2.19. The highest BCUT2D eigenvalue weighted by Crippen LogP contribution is 2.49. The van der Waals surface area contributed by atoms with Crippen molar-refractivity contribution in [2.75, 3.05) is 0 Å². The van der Waals surface area contributed by atoms with Crippen molar-refractivity contribution in [1.82, 2.24) is 5.32 Å². The van der Waals surface area contributed by atoms with Crippen LogP contribution in [0.15, 0.2) is 16.5 Å². The third kappa shape index (κ3) is 3.62. The molecule has 0 aliphatic heterocycles. The van der Waals surface area contributed by atoms with Crippen LogP contribution in [0.1, 0.15) is 24.4 Å². The SMILES string of the molecule is FC(F)SCc1ccc(CNC2(C(F)(F)F)CC2)o1. The van der Waals surface area contributed by atoms with Crippen LogP contribution >= 0.6 is 11.8 Å². The van der Waals surface area contributed by atoms with Crippen molar-refractivity contribution in [3.05, 3.63) is 23.7 Å². The second kappa shape index (κ2) is 5.32. The maximum absolute atomic E-state index is 12.6. The normalized spacial score (nSPS) is 18.0. The molecule has 0 saturated heterocycles. The molecular formula is C11H12F5NOS. The van der Waals surface area contributed by atoms with Gasteiger partial charge in [-0.25, -0.2) is 0 Å². The van der Waals surface area contributed by atoms with Gasteiger partial charge in [-0.05, 0) is 25.0 Å². The second-order valence-corrected chi connectivity index (χ2v) is 5.35. The highest BCUT2D eigenvalue weighted by molar-refractivity contribution is 7.98. The van der Waals surface area contributed by atoms with E-state index in [0.29, 0.717) is 23.3 Å². The van der Waals surface area contributed by atoms with E-state index in [0.717, 1.165) is 0 Å². The van der Waals surface area contributed by atoms with Crippen molar-refractivity contribution >= 4 is 11.8 Å². The summed E-state index contributed by atoms with van der Waals surface area (Å²) < 4.78 is 67.0. The van der Waals surface area contributed by atoms with Gasteiger partial charge in [0, 0.05) is 0 Å². The Kier molecular flexibility index (Phi) is 4.10. The highest BCUT2D eigenvalue weighted by Gasteiger charge is 2.63. The van der Waals surface area contributed by atoms with Crippen LogP contribution in [0, 0.1) is 0 Å². The quantitative estimate of drug-likeness (QED) is 0.806. The average molecular weight is 301 g/mol. The fraction of sp³-hybridized carbons (Fsp3) is 0.636. The Morgan fingerprint density at radius 3 is 2.42 bits per heavy atom. The van der Waals surface area contributed by atoms with Crippen LogP contribution in [0.25, 0.3) is 0 Å². The first-order valence-corrected chi connectivity index (χ1v) is 6.66. The van der Waals surface area contributed by atoms with E-state index in [-0.39, 0.29) is 25.1 Å². The van der Waals surface area contributed by atoms with Crippen LogP contribution in [-0.4, -0.2) is 17.5 Å². The van der Waals surface area contributed by atoms with E-state index in [9.17, 15) is 22.0 Å². The van der Waals surface area contributed by atoms with Crippen molar-refractivity contribution in [2.45, 2.75) is 42.6 Å². The molecule has 2 nitrogen and oxygen atoms in total. The first-order valence-electron chi connectivity index (χ1n) is 5.61. The zero-order valence-corrected chi connectivity index (χ0v) is 10.6. The molecule has 1 fully saturated rings. The standard InChI is InChI=1S/C11H12F5NOS/c12-9(13)19-6-8-2-1-7(18-8)5-17-10(3-4-10)11(14,15)16/h1-2,9,17H,3-6H2. The molecule has 19 heavy (non-hydrogen) atoms. The van der Waals surface area contributed by atoms with Gasteiger partial charge >= 0.3 is 6.18 Å². The zero-order chi connectivity index (χ0) is 14.1. The summed E-state index contributed by atoms with van der Waals surface area (Å²) >= 11 is 0.410. The molecule has 2 rings (SSSR count). The maximum atomic E-state index is 12.6. The van der Waals surface area contributed by atoms with E-state index in [1.54, 1.807) is 0 Å². The van der Waals surface area contributed by atoms with Gasteiger partial charge in [-0.3, -0.25) is 5.32 Å². The van der Waals surface area contributed by atoms with E-state index >= 15 is 0 Å². The van der Waals surface area contributed by atoms with E-state index < -0.39 is 17.5 Å². The number of hydrogen-bond acceptors (Lipinski definition) is 3. The predicted octanol–water partition coefficient (Wildman–Crippen LogP) is 3.92. The van der Waals surface area contributed by atoms with Crippen molar-refractivity contribution in [1.29, 1.82) is 0 Å². The van der Waals surface area contributed by atoms with Gasteiger partial charge in [-0.1, -0.05) is 11.8 Å². The molecule has 0 amide bonds. The first-order chi connectivity index (χ1) is 8.82. The van der Waals surface area contributed by atoms with Gasteiger partial charge in [0.15, 0.2) is 0 Å². The topological polar surface area (TPSA) is 25.2 Å². The molecule has 8 heteroatoms. The summed E-state index contributed by atoms with van der Waals surface area (Å²) in [5, 5.41) is 2.43. The second-order valence-electron chi connectivity index (χ2n) is 4.37. The van der Waals surface area contributed by atoms with E-state index in [2.05, 4.69) is 5.32 Å². The van der Waals surface area contributed by atoms with E-state index in [1.807, 2.05) is 0 Å². The number of rotatable bonds is 6. The van der Waals surface area contributed by atoms with Crippen molar-refractivity contribution in [3.63, 3.8) is 0 Å². The van der Waals surface area contributed by atoms with Gasteiger partial charge in [0.2, 0.25) is 0 Å². The summed E-state index contributed by atoms with van der Waals surface area (Å²) in [7, 11) is 0. The summed E-state index contributed by atoms with van der Waals surface area (Å²) in [5.74, 6) is -1.84. The largest absolute Gasteiger partial charge is 0.464 e. The molecule has 1 aromatic heterocycles. The summed E-state index contributed by atoms with van der Waals surface area (Å²) in [6.45, 7) is -0.0567. The van der Waals surface area contributed by atoms with Gasteiger partial charge < -0.3 is 4.42 Å². The summed E-state index contributed by atoms with van der Waals surface area (Å²) in [5.41, 5.74) is -1.79. The summed E-state index contributed by atoms with van der Waals surface area (Å²) in [4.78, 5) is 0. The van der Waals surface area contributed by atoms with Gasteiger partial charge in [0.1, 0.15) is 17.1 Å². The molecule has 1 aliphatic carbocycles. The monoisotopic (exact) mass is 301 g/mol. The molecule has 1 aliphatic rings. The van der Waals surface area contributed by atoms with Crippen LogP contribution < -0.4 is 5.32 Å². The van der Waals surface area contributed by atoms with Crippen molar-refractivity contribution in [3.8, 4) is 0 Å². The van der Waals surface area contributed by atoms with Crippen LogP contribution in [0.2, 0.25) is 0 Å². The molecule has 0 radical (unpaired) electrons. The molecule has 0 atom stereocenters. The molecule has 0 aromatic carbocycles. The minimum Gasteiger partial charge on any atom is -0.464 e. The van der Waals surface area contributed by atoms with Crippen molar-refractivity contribution in [2.24, 2.45) is 0 Å². The Bertz CT molecular complexity index is 427. The Morgan fingerprint density at radius 1 is 1.26 bits per heavy atom. The van der Waals surface area contributed by atoms with Crippen LogP contribution in [0.5, 0.6) is 0 Å². The fourth-order valence-electron chi connectivity index (χ4n) is 1.68. The summed E-state index contributed by atoms with van der Waals surface area (Å²) in [6, 6.07) is 3.00. The molecule has 1 aromatic rings. The fourth-order valence-corrected chi connectivity index (χ4v) is 2.13. The Balaban J connectivity index is 1.84. The van der Waals surface area contributed by atoms with Gasteiger partial charge in [0.05, 0.1) is 12.3 Å². The number of alkyl halides is 5. The van der Waals surface area contributed by atoms with Crippen LogP contribution in [0.4, 0.5) is 22.0 Å². The number of nitrogens with one attached hydrogen (secondary N) is 1. The highest BCUT2D eigenvalue weighted by atomic mass is 32.2. The third-order valence-electron chi connectivity index (χ3n) is 2.96. The van der Waals surface area contributed by atoms with Crippen LogP contribution in [0.3, 0.4) is 0 Å². The Labute approximate surface area is 110 Å². The molecular weight excluding hydrogens is 289 g/mol. The lowest BCUT2D eigenvalue weighted by Crippen LogP contribution is -2.44. The van der Waals surface area contributed by atoms with Crippen LogP contribution in [-0.2, 0) is 12.3 Å². The minimum atomic E-state index is -4.27. The molecule has 0 bridgehead atoms. The molecule has 1 N–H and O–H groups in total. The molecule has 0 spiro atoms. The van der Waals surface area contributed by atoms with Gasteiger partial charge in [-0.15, -0.1) is 0 Å². The number of thioether (sulfide) groups is 1. The maximum Gasteiger partial charge on any atom is 0.406 e. The lowest BCUT2D eigenvalue weighted by molar-refractivity contribution is -0.166. The molecule has 0 unspecified atom stereocenters. The number of halogens is 5. The minimum absolute atomic E-state index is 0.00206.